The van der Waals surface area contributed by atoms with Gasteiger partial charge < -0.3 is 5.01 Å². The molecular weight excluding hydrogens is 184 g/mol. The molecule has 84 valence electrons. The largest absolute Gasteiger partial charge is 0.306 e. The molecule has 2 aliphatic rings. The quantitative estimate of drug-likeness (QED) is 0.651. The summed E-state index contributed by atoms with van der Waals surface area (Å²) in [6, 6.07) is 0. The second-order valence-electron chi connectivity index (χ2n) is 4.52. The fourth-order valence-corrected chi connectivity index (χ4v) is 2.64. The van der Waals surface area contributed by atoms with E-state index in [1.165, 1.54) is 63.0 Å². The van der Waals surface area contributed by atoms with E-state index in [4.69, 9.17) is 0 Å². The minimum Gasteiger partial charge on any atom is -0.306 e. The monoisotopic (exact) mass is 206 g/mol. The fraction of sp³-hybridized carbons (Fsp3) is 0.692. The van der Waals surface area contributed by atoms with E-state index in [-0.39, 0.29) is 0 Å². The molecule has 0 saturated carbocycles. The SMILES string of the molecule is C=C1CCCN(N2CCCCC2)C1=CC. The molecule has 0 N–H and O–H groups in total. The first-order chi connectivity index (χ1) is 7.33. The second-order valence-corrected chi connectivity index (χ2v) is 4.52. The molecule has 15 heavy (non-hydrogen) atoms. The maximum absolute atomic E-state index is 4.17. The van der Waals surface area contributed by atoms with Gasteiger partial charge in [0.25, 0.3) is 0 Å². The van der Waals surface area contributed by atoms with Gasteiger partial charge in [-0.1, -0.05) is 19.1 Å². The zero-order chi connectivity index (χ0) is 10.7. The van der Waals surface area contributed by atoms with Crippen LogP contribution < -0.4 is 0 Å². The molecule has 0 bridgehead atoms. The van der Waals surface area contributed by atoms with Gasteiger partial charge in [0, 0.05) is 19.6 Å². The summed E-state index contributed by atoms with van der Waals surface area (Å²) in [4.78, 5) is 0. The molecule has 2 fully saturated rings. The normalized spacial score (nSPS) is 27.4. The van der Waals surface area contributed by atoms with Gasteiger partial charge in [-0.05, 0) is 38.2 Å². The minimum atomic E-state index is 1.17. The van der Waals surface area contributed by atoms with E-state index in [0.29, 0.717) is 0 Å². The van der Waals surface area contributed by atoms with Crippen molar-refractivity contribution in [2.24, 2.45) is 0 Å². The molecule has 0 atom stereocenters. The van der Waals surface area contributed by atoms with Crippen molar-refractivity contribution in [1.29, 1.82) is 0 Å². The van der Waals surface area contributed by atoms with E-state index >= 15 is 0 Å². The number of rotatable bonds is 1. The molecule has 0 aromatic rings. The molecule has 0 aromatic carbocycles. The van der Waals surface area contributed by atoms with Crippen LogP contribution in [0.2, 0.25) is 0 Å². The van der Waals surface area contributed by atoms with Crippen LogP contribution >= 0.6 is 0 Å². The predicted octanol–water partition coefficient (Wildman–Crippen LogP) is 2.94. The lowest BCUT2D eigenvalue weighted by Crippen LogP contribution is -2.47. The van der Waals surface area contributed by atoms with Gasteiger partial charge >= 0.3 is 0 Å². The summed E-state index contributed by atoms with van der Waals surface area (Å²) < 4.78 is 0. The van der Waals surface area contributed by atoms with E-state index < -0.39 is 0 Å². The highest BCUT2D eigenvalue weighted by Gasteiger charge is 2.24. The standard InChI is InChI=1S/C13H22N2/c1-3-13-12(2)8-7-11-15(13)14-9-5-4-6-10-14/h3H,2,4-11H2,1H3. The summed E-state index contributed by atoms with van der Waals surface area (Å²) >= 11 is 0. The van der Waals surface area contributed by atoms with Crippen molar-refractivity contribution in [3.8, 4) is 0 Å². The molecule has 0 aromatic heterocycles. The molecule has 0 aliphatic carbocycles. The second kappa shape index (κ2) is 4.84. The fourth-order valence-electron chi connectivity index (χ4n) is 2.64. The number of allylic oxidation sites excluding steroid dienone is 2. The van der Waals surface area contributed by atoms with Gasteiger partial charge in [0.05, 0.1) is 5.70 Å². The van der Waals surface area contributed by atoms with E-state index in [9.17, 15) is 0 Å². The lowest BCUT2D eigenvalue weighted by Gasteiger charge is -2.43. The van der Waals surface area contributed by atoms with Crippen LogP contribution in [0.4, 0.5) is 0 Å². The Morgan fingerprint density at radius 2 is 1.80 bits per heavy atom. The van der Waals surface area contributed by atoms with E-state index in [0.717, 1.165) is 0 Å². The molecule has 0 unspecified atom stereocenters. The van der Waals surface area contributed by atoms with Crippen molar-refractivity contribution in [1.82, 2.24) is 10.0 Å². The third kappa shape index (κ3) is 2.25. The third-order valence-corrected chi connectivity index (χ3v) is 3.44. The van der Waals surface area contributed by atoms with Gasteiger partial charge in [-0.3, -0.25) is 0 Å². The topological polar surface area (TPSA) is 6.48 Å². The van der Waals surface area contributed by atoms with Gasteiger partial charge in [-0.2, -0.15) is 0 Å². The number of hydrogen-bond acceptors (Lipinski definition) is 2. The Labute approximate surface area is 93.2 Å². The summed E-state index contributed by atoms with van der Waals surface area (Å²) in [5.74, 6) is 0. The van der Waals surface area contributed by atoms with Crippen molar-refractivity contribution in [2.75, 3.05) is 19.6 Å². The van der Waals surface area contributed by atoms with Crippen LogP contribution in [0, 0.1) is 0 Å². The zero-order valence-corrected chi connectivity index (χ0v) is 9.84. The molecule has 2 nitrogen and oxygen atoms in total. The Morgan fingerprint density at radius 3 is 2.47 bits per heavy atom. The zero-order valence-electron chi connectivity index (χ0n) is 9.84. The van der Waals surface area contributed by atoms with Crippen LogP contribution in [0.15, 0.2) is 23.9 Å². The lowest BCUT2D eigenvalue weighted by atomic mass is 10.0. The maximum Gasteiger partial charge on any atom is 0.0505 e. The average Bonchev–Trinajstić information content (AvgIpc) is 2.30. The summed E-state index contributed by atoms with van der Waals surface area (Å²) in [7, 11) is 0. The summed E-state index contributed by atoms with van der Waals surface area (Å²) in [6.07, 6.45) is 8.74. The van der Waals surface area contributed by atoms with Gasteiger partial charge in [0.2, 0.25) is 0 Å². The molecule has 0 amide bonds. The highest BCUT2D eigenvalue weighted by Crippen LogP contribution is 2.27. The van der Waals surface area contributed by atoms with Gasteiger partial charge in [0.15, 0.2) is 0 Å². The van der Waals surface area contributed by atoms with Crippen molar-refractivity contribution < 1.29 is 0 Å². The van der Waals surface area contributed by atoms with E-state index in [1.807, 2.05) is 0 Å². The molecule has 2 saturated heterocycles. The first-order valence-corrected chi connectivity index (χ1v) is 6.20. The summed E-state index contributed by atoms with van der Waals surface area (Å²) in [6.45, 7) is 9.94. The highest BCUT2D eigenvalue weighted by atomic mass is 15.6. The van der Waals surface area contributed by atoms with Crippen LogP contribution in [0.25, 0.3) is 0 Å². The lowest BCUT2D eigenvalue weighted by molar-refractivity contribution is -0.0130. The van der Waals surface area contributed by atoms with Crippen LogP contribution in [0.5, 0.6) is 0 Å². The van der Waals surface area contributed by atoms with Gasteiger partial charge in [-0.25, -0.2) is 5.01 Å². The molecule has 0 radical (unpaired) electrons. The number of piperidine rings is 2. The average molecular weight is 206 g/mol. The van der Waals surface area contributed by atoms with Gasteiger partial charge in [-0.15, -0.1) is 0 Å². The third-order valence-electron chi connectivity index (χ3n) is 3.44. The Bertz CT molecular complexity index is 262. The van der Waals surface area contributed by atoms with Crippen molar-refractivity contribution in [2.45, 2.75) is 39.0 Å². The number of hydrazine groups is 1. The van der Waals surface area contributed by atoms with Crippen molar-refractivity contribution in [3.05, 3.63) is 23.9 Å². The minimum absolute atomic E-state index is 1.17. The first kappa shape index (κ1) is 10.7. The molecule has 2 heteroatoms. The Balaban J connectivity index is 2.08. The Morgan fingerprint density at radius 1 is 1.07 bits per heavy atom. The smallest absolute Gasteiger partial charge is 0.0505 e. The Hall–Kier alpha value is -0.760. The first-order valence-electron chi connectivity index (χ1n) is 6.20. The summed E-state index contributed by atoms with van der Waals surface area (Å²) in [5, 5.41) is 4.98. The Kier molecular flexibility index (Phi) is 3.47. The maximum atomic E-state index is 4.17. The van der Waals surface area contributed by atoms with Crippen LogP contribution in [-0.2, 0) is 0 Å². The molecule has 2 aliphatic heterocycles. The van der Waals surface area contributed by atoms with E-state index in [1.54, 1.807) is 0 Å². The van der Waals surface area contributed by atoms with Crippen molar-refractivity contribution in [3.63, 3.8) is 0 Å². The van der Waals surface area contributed by atoms with Crippen LogP contribution in [-0.4, -0.2) is 29.7 Å². The van der Waals surface area contributed by atoms with Crippen LogP contribution in [0.3, 0.4) is 0 Å². The molecular formula is C13H22N2. The summed E-state index contributed by atoms with van der Waals surface area (Å²) in [5.41, 5.74) is 2.68. The van der Waals surface area contributed by atoms with Crippen LogP contribution in [0.1, 0.15) is 39.0 Å². The highest BCUT2D eigenvalue weighted by molar-refractivity contribution is 5.28. The molecule has 0 spiro atoms. The predicted molar refractivity (Wildman–Crippen MR) is 64.3 cm³/mol. The molecule has 2 rings (SSSR count). The van der Waals surface area contributed by atoms with E-state index in [2.05, 4.69) is 29.6 Å². The van der Waals surface area contributed by atoms with Gasteiger partial charge in [0.1, 0.15) is 0 Å². The molecule has 2 heterocycles. The number of hydrogen-bond donors (Lipinski definition) is 0. The number of nitrogens with zero attached hydrogens (tertiary/aromatic N) is 2. The van der Waals surface area contributed by atoms with Crippen molar-refractivity contribution >= 4 is 0 Å².